The molecule has 26 heavy (non-hydrogen) atoms. The Balaban J connectivity index is 1.57. The number of nitrogens with zero attached hydrogens (tertiary/aromatic N) is 4. The molecule has 2 aromatic carbocycles. The van der Waals surface area contributed by atoms with E-state index in [1.165, 1.54) is 10.5 Å². The molecule has 2 aromatic heterocycles. The molecular weight excluding hydrogens is 360 g/mol. The Morgan fingerprint density at radius 1 is 0.962 bits per heavy atom. The maximum absolute atomic E-state index is 4.74. The normalized spacial score (nSPS) is 12.0. The summed E-state index contributed by atoms with van der Waals surface area (Å²) in [5.41, 5.74) is 2.60. The average molecular weight is 381 g/mol. The number of fused-ring (bicyclic) bond motifs is 1. The van der Waals surface area contributed by atoms with E-state index in [2.05, 4.69) is 67.4 Å². The molecule has 4 aromatic rings. The minimum Gasteiger partial charge on any atom is -0.186 e. The molecule has 132 valence electrons. The Hall–Kier alpha value is -2.18. The first kappa shape index (κ1) is 17.2. The van der Waals surface area contributed by atoms with Crippen molar-refractivity contribution in [1.82, 2.24) is 19.8 Å². The lowest BCUT2D eigenvalue weighted by atomic mass is 9.87. The van der Waals surface area contributed by atoms with E-state index in [1.54, 1.807) is 23.1 Å². The fourth-order valence-corrected chi connectivity index (χ4v) is 4.33. The molecule has 0 atom stereocenters. The van der Waals surface area contributed by atoms with Gasteiger partial charge < -0.3 is 0 Å². The third-order valence-corrected chi connectivity index (χ3v) is 6.12. The van der Waals surface area contributed by atoms with Gasteiger partial charge in [0.05, 0.1) is 5.75 Å². The van der Waals surface area contributed by atoms with Crippen LogP contribution in [0.4, 0.5) is 0 Å². The van der Waals surface area contributed by atoms with E-state index in [-0.39, 0.29) is 5.41 Å². The van der Waals surface area contributed by atoms with E-state index in [9.17, 15) is 0 Å². The van der Waals surface area contributed by atoms with Gasteiger partial charge in [-0.25, -0.2) is 0 Å². The molecule has 0 aliphatic heterocycles. The summed E-state index contributed by atoms with van der Waals surface area (Å²) in [5, 5.41) is 14.3. The quantitative estimate of drug-likeness (QED) is 0.442. The lowest BCUT2D eigenvalue weighted by molar-refractivity contribution is 0.590. The molecule has 0 amide bonds. The summed E-state index contributed by atoms with van der Waals surface area (Å²) in [6, 6.07) is 19.0. The SMILES string of the molecule is CC(C)(C)c1ccc(-c2nn3c(CSc4ccccc4)nnc3s2)cc1. The van der Waals surface area contributed by atoms with E-state index >= 15 is 0 Å². The number of rotatable bonds is 4. The van der Waals surface area contributed by atoms with Gasteiger partial charge in [0, 0.05) is 10.5 Å². The highest BCUT2D eigenvalue weighted by molar-refractivity contribution is 7.98. The minimum atomic E-state index is 0.155. The zero-order chi connectivity index (χ0) is 18.1. The lowest BCUT2D eigenvalue weighted by Gasteiger charge is -2.18. The summed E-state index contributed by atoms with van der Waals surface area (Å²) in [5.74, 6) is 1.62. The van der Waals surface area contributed by atoms with Crippen molar-refractivity contribution in [2.75, 3.05) is 0 Å². The lowest BCUT2D eigenvalue weighted by Crippen LogP contribution is -2.10. The van der Waals surface area contributed by atoms with Gasteiger partial charge in [-0.2, -0.15) is 9.61 Å². The smallest absolute Gasteiger partial charge is 0.186 e. The van der Waals surface area contributed by atoms with Crippen molar-refractivity contribution in [2.45, 2.75) is 36.8 Å². The standard InChI is InChI=1S/C20H20N4S2/c1-20(2,3)15-11-9-14(10-12-15)18-23-24-17(21-22-19(24)26-18)13-25-16-7-5-4-6-8-16/h4-12H,13H2,1-3H3. The molecule has 0 radical (unpaired) electrons. The van der Waals surface area contributed by atoms with Gasteiger partial charge in [0.25, 0.3) is 0 Å². The number of thioether (sulfide) groups is 1. The zero-order valence-corrected chi connectivity index (χ0v) is 16.6. The van der Waals surface area contributed by atoms with Crippen LogP contribution in [-0.4, -0.2) is 19.8 Å². The maximum atomic E-state index is 4.74. The van der Waals surface area contributed by atoms with Crippen molar-refractivity contribution >= 4 is 28.1 Å². The van der Waals surface area contributed by atoms with Crippen LogP contribution >= 0.6 is 23.1 Å². The molecule has 0 saturated heterocycles. The third kappa shape index (κ3) is 3.52. The number of benzene rings is 2. The van der Waals surface area contributed by atoms with Gasteiger partial charge in [-0.05, 0) is 23.1 Å². The highest BCUT2D eigenvalue weighted by Crippen LogP contribution is 2.30. The second-order valence-electron chi connectivity index (χ2n) is 7.15. The Morgan fingerprint density at radius 2 is 1.69 bits per heavy atom. The number of aromatic nitrogens is 4. The van der Waals surface area contributed by atoms with Crippen LogP contribution in [0.2, 0.25) is 0 Å². The van der Waals surface area contributed by atoms with Crippen molar-refractivity contribution in [3.8, 4) is 10.6 Å². The van der Waals surface area contributed by atoms with Gasteiger partial charge in [-0.3, -0.25) is 0 Å². The molecule has 0 spiro atoms. The van der Waals surface area contributed by atoms with Crippen molar-refractivity contribution in [2.24, 2.45) is 0 Å². The van der Waals surface area contributed by atoms with Crippen molar-refractivity contribution in [3.63, 3.8) is 0 Å². The zero-order valence-electron chi connectivity index (χ0n) is 15.0. The summed E-state index contributed by atoms with van der Waals surface area (Å²) in [7, 11) is 0. The van der Waals surface area contributed by atoms with Gasteiger partial charge in [0.15, 0.2) is 5.82 Å². The molecule has 0 aliphatic rings. The Labute approximate surface area is 161 Å². The fraction of sp³-hybridized carbons (Fsp3) is 0.250. The van der Waals surface area contributed by atoms with E-state index in [0.29, 0.717) is 0 Å². The average Bonchev–Trinajstić information content (AvgIpc) is 3.21. The first-order valence-electron chi connectivity index (χ1n) is 8.50. The van der Waals surface area contributed by atoms with Gasteiger partial charge in [-0.1, -0.05) is 74.6 Å². The van der Waals surface area contributed by atoms with Gasteiger partial charge in [-0.15, -0.1) is 22.0 Å². The van der Waals surface area contributed by atoms with Crippen LogP contribution in [0, 0.1) is 0 Å². The molecular formula is C20H20N4S2. The van der Waals surface area contributed by atoms with Crippen LogP contribution in [0.3, 0.4) is 0 Å². The van der Waals surface area contributed by atoms with Gasteiger partial charge >= 0.3 is 0 Å². The van der Waals surface area contributed by atoms with E-state index < -0.39 is 0 Å². The summed E-state index contributed by atoms with van der Waals surface area (Å²) >= 11 is 3.32. The molecule has 0 bridgehead atoms. The highest BCUT2D eigenvalue weighted by Gasteiger charge is 2.16. The van der Waals surface area contributed by atoms with Crippen LogP contribution in [0.1, 0.15) is 32.2 Å². The molecule has 0 aliphatic carbocycles. The second kappa shape index (κ2) is 6.85. The highest BCUT2D eigenvalue weighted by atomic mass is 32.2. The summed E-state index contributed by atoms with van der Waals surface area (Å²) < 4.78 is 1.87. The first-order valence-corrected chi connectivity index (χ1v) is 10.3. The Bertz CT molecular complexity index is 1010. The van der Waals surface area contributed by atoms with E-state index in [1.807, 2.05) is 22.7 Å². The second-order valence-corrected chi connectivity index (χ2v) is 9.15. The van der Waals surface area contributed by atoms with Gasteiger partial charge in [0.2, 0.25) is 4.96 Å². The molecule has 4 nitrogen and oxygen atoms in total. The summed E-state index contributed by atoms with van der Waals surface area (Å²) in [6.07, 6.45) is 0. The number of hydrogen-bond donors (Lipinski definition) is 0. The van der Waals surface area contributed by atoms with Crippen LogP contribution < -0.4 is 0 Å². The molecule has 6 heteroatoms. The van der Waals surface area contributed by atoms with Crippen LogP contribution in [0.25, 0.3) is 15.5 Å². The maximum Gasteiger partial charge on any atom is 0.235 e. The molecule has 0 unspecified atom stereocenters. The monoisotopic (exact) mass is 380 g/mol. The predicted molar refractivity (Wildman–Crippen MR) is 109 cm³/mol. The van der Waals surface area contributed by atoms with Gasteiger partial charge in [0.1, 0.15) is 5.01 Å². The molecule has 0 N–H and O–H groups in total. The van der Waals surface area contributed by atoms with Crippen LogP contribution in [0.5, 0.6) is 0 Å². The fourth-order valence-electron chi connectivity index (χ4n) is 2.64. The first-order chi connectivity index (χ1) is 12.5. The number of hydrogen-bond acceptors (Lipinski definition) is 5. The van der Waals surface area contributed by atoms with E-state index in [4.69, 9.17) is 5.10 Å². The Morgan fingerprint density at radius 3 is 2.38 bits per heavy atom. The summed E-state index contributed by atoms with van der Waals surface area (Å²) in [6.45, 7) is 6.67. The molecule has 4 rings (SSSR count). The largest absolute Gasteiger partial charge is 0.235 e. The molecule has 2 heterocycles. The Kier molecular flexibility index (Phi) is 4.54. The minimum absolute atomic E-state index is 0.155. The summed E-state index contributed by atoms with van der Waals surface area (Å²) in [4.78, 5) is 2.06. The van der Waals surface area contributed by atoms with E-state index in [0.717, 1.165) is 27.1 Å². The van der Waals surface area contributed by atoms with Crippen molar-refractivity contribution < 1.29 is 0 Å². The van der Waals surface area contributed by atoms with Crippen molar-refractivity contribution in [1.29, 1.82) is 0 Å². The molecule has 0 fully saturated rings. The molecule has 0 saturated carbocycles. The van der Waals surface area contributed by atoms with Crippen molar-refractivity contribution in [3.05, 3.63) is 66.0 Å². The predicted octanol–water partition coefficient (Wildman–Crippen LogP) is 5.44. The third-order valence-electron chi connectivity index (χ3n) is 4.16. The topological polar surface area (TPSA) is 43.1 Å². The van der Waals surface area contributed by atoms with Crippen LogP contribution in [-0.2, 0) is 11.2 Å². The van der Waals surface area contributed by atoms with Crippen LogP contribution in [0.15, 0.2) is 59.5 Å².